The molecule has 0 aliphatic carbocycles. The molecule has 110 valence electrons. The van der Waals surface area contributed by atoms with Crippen LogP contribution in [0.3, 0.4) is 0 Å². The lowest BCUT2D eigenvalue weighted by Gasteiger charge is -2.18. The first-order chi connectivity index (χ1) is 9.88. The van der Waals surface area contributed by atoms with Crippen molar-refractivity contribution in [2.75, 3.05) is 5.32 Å². The lowest BCUT2D eigenvalue weighted by Crippen LogP contribution is -2.28. The molecule has 1 amide bonds. The van der Waals surface area contributed by atoms with E-state index in [1.54, 1.807) is 24.3 Å². The zero-order valence-corrected chi connectivity index (χ0v) is 12.1. The van der Waals surface area contributed by atoms with Crippen LogP contribution >= 0.6 is 15.9 Å². The molecule has 2 rings (SSSR count). The molecular formula is C14H10BrF3N2O. The van der Waals surface area contributed by atoms with Gasteiger partial charge in [-0.3, -0.25) is 4.79 Å². The van der Waals surface area contributed by atoms with Crippen molar-refractivity contribution in [3.05, 3.63) is 63.9 Å². The van der Waals surface area contributed by atoms with Gasteiger partial charge in [0, 0.05) is 21.8 Å². The topological polar surface area (TPSA) is 55.1 Å². The van der Waals surface area contributed by atoms with Crippen molar-refractivity contribution >= 4 is 27.5 Å². The molecule has 2 aromatic carbocycles. The van der Waals surface area contributed by atoms with Crippen LogP contribution in [0, 0.1) is 17.5 Å². The number of anilines is 1. The van der Waals surface area contributed by atoms with E-state index in [0.29, 0.717) is 17.8 Å². The van der Waals surface area contributed by atoms with E-state index in [4.69, 9.17) is 5.73 Å². The van der Waals surface area contributed by atoms with Crippen LogP contribution in [0.2, 0.25) is 0 Å². The summed E-state index contributed by atoms with van der Waals surface area (Å²) in [5, 5.41) is 2.68. The number of primary amides is 1. The first-order valence-corrected chi connectivity index (χ1v) is 6.63. The summed E-state index contributed by atoms with van der Waals surface area (Å²) in [7, 11) is 0. The van der Waals surface area contributed by atoms with Gasteiger partial charge in [0.15, 0.2) is 11.6 Å². The average Bonchev–Trinajstić information content (AvgIpc) is 2.42. The smallest absolute Gasteiger partial charge is 0.244 e. The first-order valence-electron chi connectivity index (χ1n) is 5.84. The number of nitrogens with two attached hydrogens (primary N) is 1. The standard InChI is InChI=1S/C14H10BrF3N2O/c15-7-1-3-8(4-2-7)20-13(14(19)21)9-5-11(17)12(18)6-10(9)16/h1-6,13,20H,(H2,19,21). The van der Waals surface area contributed by atoms with Crippen LogP contribution in [0.4, 0.5) is 18.9 Å². The van der Waals surface area contributed by atoms with Gasteiger partial charge in [-0.15, -0.1) is 0 Å². The summed E-state index contributed by atoms with van der Waals surface area (Å²) in [4.78, 5) is 11.5. The SMILES string of the molecule is NC(=O)C(Nc1ccc(Br)cc1)c1cc(F)c(F)cc1F. The summed E-state index contributed by atoms with van der Waals surface area (Å²) in [5.74, 6) is -4.55. The Hall–Kier alpha value is -2.02. The molecule has 1 atom stereocenters. The molecule has 21 heavy (non-hydrogen) atoms. The van der Waals surface area contributed by atoms with E-state index in [-0.39, 0.29) is 5.56 Å². The van der Waals surface area contributed by atoms with Gasteiger partial charge in [0.1, 0.15) is 11.9 Å². The van der Waals surface area contributed by atoms with E-state index in [0.717, 1.165) is 4.47 Å². The summed E-state index contributed by atoms with van der Waals surface area (Å²) < 4.78 is 40.7. The van der Waals surface area contributed by atoms with Gasteiger partial charge in [0.25, 0.3) is 0 Å². The van der Waals surface area contributed by atoms with Crippen molar-refractivity contribution < 1.29 is 18.0 Å². The Morgan fingerprint density at radius 3 is 2.19 bits per heavy atom. The molecular weight excluding hydrogens is 349 g/mol. The number of carbonyl (C=O) groups excluding carboxylic acids is 1. The van der Waals surface area contributed by atoms with Crippen LogP contribution in [0.15, 0.2) is 40.9 Å². The molecule has 7 heteroatoms. The van der Waals surface area contributed by atoms with Gasteiger partial charge in [0.05, 0.1) is 0 Å². The summed E-state index contributed by atoms with van der Waals surface area (Å²) in [6, 6.07) is 6.32. The van der Waals surface area contributed by atoms with Crippen LogP contribution in [-0.2, 0) is 4.79 Å². The fourth-order valence-corrected chi connectivity index (χ4v) is 2.04. The van der Waals surface area contributed by atoms with Crippen molar-refractivity contribution in [1.29, 1.82) is 0 Å². The molecule has 3 nitrogen and oxygen atoms in total. The molecule has 0 spiro atoms. The van der Waals surface area contributed by atoms with E-state index in [9.17, 15) is 18.0 Å². The van der Waals surface area contributed by atoms with Crippen LogP contribution < -0.4 is 11.1 Å². The molecule has 0 fully saturated rings. The van der Waals surface area contributed by atoms with Gasteiger partial charge in [0.2, 0.25) is 5.91 Å². The Morgan fingerprint density at radius 2 is 1.62 bits per heavy atom. The van der Waals surface area contributed by atoms with E-state index in [1.165, 1.54) is 0 Å². The number of benzene rings is 2. The molecule has 0 saturated heterocycles. The Bertz CT molecular complexity index is 677. The van der Waals surface area contributed by atoms with Gasteiger partial charge < -0.3 is 11.1 Å². The minimum atomic E-state index is -1.33. The predicted octanol–water partition coefficient (Wildman–Crippen LogP) is 3.50. The monoisotopic (exact) mass is 358 g/mol. The minimum absolute atomic E-state index is 0.357. The predicted molar refractivity (Wildman–Crippen MR) is 76.0 cm³/mol. The molecule has 0 aliphatic heterocycles. The number of carbonyl (C=O) groups is 1. The number of hydrogen-bond donors (Lipinski definition) is 2. The summed E-state index contributed by atoms with van der Waals surface area (Å²) in [6.45, 7) is 0. The third-order valence-corrected chi connectivity index (χ3v) is 3.32. The molecule has 0 saturated carbocycles. The Kier molecular flexibility index (Phi) is 4.52. The van der Waals surface area contributed by atoms with Gasteiger partial charge in [-0.25, -0.2) is 13.2 Å². The minimum Gasteiger partial charge on any atom is -0.370 e. The Labute approximate surface area is 127 Å². The van der Waals surface area contributed by atoms with Gasteiger partial charge >= 0.3 is 0 Å². The van der Waals surface area contributed by atoms with Crippen molar-refractivity contribution in [3.8, 4) is 0 Å². The quantitative estimate of drug-likeness (QED) is 0.821. The van der Waals surface area contributed by atoms with Gasteiger partial charge in [-0.2, -0.15) is 0 Å². The molecule has 0 aromatic heterocycles. The molecule has 0 aliphatic rings. The maximum absolute atomic E-state index is 13.7. The molecule has 3 N–H and O–H groups in total. The maximum atomic E-state index is 13.7. The second-order valence-corrected chi connectivity index (χ2v) is 5.19. The van der Waals surface area contributed by atoms with Crippen LogP contribution in [0.5, 0.6) is 0 Å². The third-order valence-electron chi connectivity index (χ3n) is 2.79. The van der Waals surface area contributed by atoms with Crippen molar-refractivity contribution in [1.82, 2.24) is 0 Å². The lowest BCUT2D eigenvalue weighted by atomic mass is 10.0. The molecule has 0 radical (unpaired) electrons. The van der Waals surface area contributed by atoms with E-state index >= 15 is 0 Å². The second-order valence-electron chi connectivity index (χ2n) is 4.27. The average molecular weight is 359 g/mol. The van der Waals surface area contributed by atoms with Crippen molar-refractivity contribution in [2.45, 2.75) is 6.04 Å². The van der Waals surface area contributed by atoms with E-state index in [1.807, 2.05) is 0 Å². The maximum Gasteiger partial charge on any atom is 0.244 e. The van der Waals surface area contributed by atoms with Crippen LogP contribution in [-0.4, -0.2) is 5.91 Å². The van der Waals surface area contributed by atoms with Gasteiger partial charge in [-0.05, 0) is 30.3 Å². The first kappa shape index (κ1) is 15.4. The molecule has 0 heterocycles. The highest BCUT2D eigenvalue weighted by molar-refractivity contribution is 9.10. The number of rotatable bonds is 4. The summed E-state index contributed by atoms with van der Waals surface area (Å²) >= 11 is 3.24. The second kappa shape index (κ2) is 6.17. The van der Waals surface area contributed by atoms with E-state index in [2.05, 4.69) is 21.2 Å². The van der Waals surface area contributed by atoms with Crippen LogP contribution in [0.25, 0.3) is 0 Å². The van der Waals surface area contributed by atoms with E-state index < -0.39 is 29.4 Å². The van der Waals surface area contributed by atoms with Crippen molar-refractivity contribution in [3.63, 3.8) is 0 Å². The Morgan fingerprint density at radius 1 is 1.05 bits per heavy atom. The lowest BCUT2D eigenvalue weighted by molar-refractivity contribution is -0.118. The Balaban J connectivity index is 2.38. The number of hydrogen-bond acceptors (Lipinski definition) is 2. The molecule has 0 bridgehead atoms. The normalized spacial score (nSPS) is 12.0. The van der Waals surface area contributed by atoms with Gasteiger partial charge in [-0.1, -0.05) is 15.9 Å². The fraction of sp³-hybridized carbons (Fsp3) is 0.0714. The zero-order chi connectivity index (χ0) is 15.6. The highest BCUT2D eigenvalue weighted by atomic mass is 79.9. The van der Waals surface area contributed by atoms with Crippen molar-refractivity contribution in [2.24, 2.45) is 5.73 Å². The van der Waals surface area contributed by atoms with Crippen LogP contribution in [0.1, 0.15) is 11.6 Å². The molecule has 1 unspecified atom stereocenters. The fourth-order valence-electron chi connectivity index (χ4n) is 1.77. The number of amides is 1. The number of nitrogens with one attached hydrogen (secondary N) is 1. The summed E-state index contributed by atoms with van der Waals surface area (Å²) in [5.41, 5.74) is 5.33. The number of halogens is 4. The zero-order valence-electron chi connectivity index (χ0n) is 10.5. The molecule has 2 aromatic rings. The third kappa shape index (κ3) is 3.55. The summed E-state index contributed by atoms with van der Waals surface area (Å²) in [6.07, 6.45) is 0. The largest absolute Gasteiger partial charge is 0.370 e. The highest BCUT2D eigenvalue weighted by Gasteiger charge is 2.23. The highest BCUT2D eigenvalue weighted by Crippen LogP contribution is 2.25.